The predicted molar refractivity (Wildman–Crippen MR) is 96.4 cm³/mol. The van der Waals surface area contributed by atoms with Crippen LogP contribution in [-0.4, -0.2) is 11.1 Å². The lowest BCUT2D eigenvalue weighted by atomic mass is 9.74. The van der Waals surface area contributed by atoms with Gasteiger partial charge in [-0.15, -0.1) is 0 Å². The minimum atomic E-state index is -0.709. The molecule has 2 aliphatic carbocycles. The molecular weight excluding hydrogens is 284 g/mol. The molecule has 2 aliphatic rings. The summed E-state index contributed by atoms with van der Waals surface area (Å²) < 4.78 is 0. The maximum absolute atomic E-state index is 11.2. The number of hydrogen-bond acceptors (Lipinski definition) is 1. The normalized spacial score (nSPS) is 32.7. The quantitative estimate of drug-likeness (QED) is 0.566. The van der Waals surface area contributed by atoms with Crippen LogP contribution in [0.15, 0.2) is 11.6 Å². The van der Waals surface area contributed by atoms with E-state index < -0.39 is 5.97 Å². The number of aliphatic carboxylic acids is 1. The highest BCUT2D eigenvalue weighted by atomic mass is 16.4. The third-order valence-corrected chi connectivity index (χ3v) is 6.49. The van der Waals surface area contributed by atoms with Gasteiger partial charge in [0.2, 0.25) is 0 Å². The number of carbonyl (C=O) groups is 1. The van der Waals surface area contributed by atoms with Crippen LogP contribution < -0.4 is 0 Å². The highest BCUT2D eigenvalue weighted by Gasteiger charge is 2.27. The van der Waals surface area contributed by atoms with Gasteiger partial charge in [0, 0.05) is 5.57 Å². The molecule has 0 amide bonds. The van der Waals surface area contributed by atoms with Crippen molar-refractivity contribution in [3.63, 3.8) is 0 Å². The molecule has 0 spiro atoms. The molecule has 2 saturated carbocycles. The molecule has 0 unspecified atom stereocenters. The molecule has 2 fully saturated rings. The van der Waals surface area contributed by atoms with Crippen molar-refractivity contribution in [2.24, 2.45) is 23.7 Å². The first-order chi connectivity index (χ1) is 11.1. The summed E-state index contributed by atoms with van der Waals surface area (Å²) in [6, 6.07) is 0. The van der Waals surface area contributed by atoms with Crippen molar-refractivity contribution in [2.75, 3.05) is 0 Å². The topological polar surface area (TPSA) is 37.3 Å². The largest absolute Gasteiger partial charge is 0.478 e. The van der Waals surface area contributed by atoms with Gasteiger partial charge >= 0.3 is 5.97 Å². The second kappa shape index (κ2) is 9.49. The molecule has 23 heavy (non-hydrogen) atoms. The first-order valence-electron chi connectivity index (χ1n) is 10.0. The number of hydrogen-bond donors (Lipinski definition) is 1. The summed E-state index contributed by atoms with van der Waals surface area (Å²) in [5, 5.41) is 9.26. The van der Waals surface area contributed by atoms with Crippen molar-refractivity contribution < 1.29 is 9.90 Å². The van der Waals surface area contributed by atoms with Crippen molar-refractivity contribution in [3.05, 3.63) is 11.6 Å². The average molecular weight is 321 g/mol. The smallest absolute Gasteiger partial charge is 0.331 e. The van der Waals surface area contributed by atoms with Gasteiger partial charge in [-0.2, -0.15) is 0 Å². The first-order valence-corrected chi connectivity index (χ1v) is 10.0. The lowest BCUT2D eigenvalue weighted by molar-refractivity contribution is -0.133. The molecule has 0 aromatic carbocycles. The summed E-state index contributed by atoms with van der Waals surface area (Å²) >= 11 is 0. The van der Waals surface area contributed by atoms with E-state index in [1.165, 1.54) is 64.2 Å². The van der Waals surface area contributed by atoms with Crippen molar-refractivity contribution >= 4 is 5.97 Å². The Kier molecular flexibility index (Phi) is 7.65. The molecule has 0 radical (unpaired) electrons. The van der Waals surface area contributed by atoms with E-state index in [2.05, 4.69) is 6.92 Å². The van der Waals surface area contributed by atoms with Gasteiger partial charge in [-0.3, -0.25) is 0 Å². The minimum Gasteiger partial charge on any atom is -0.478 e. The van der Waals surface area contributed by atoms with Crippen LogP contribution in [-0.2, 0) is 4.79 Å². The Morgan fingerprint density at radius 3 is 1.70 bits per heavy atom. The van der Waals surface area contributed by atoms with Crippen LogP contribution in [0.4, 0.5) is 0 Å². The highest BCUT2D eigenvalue weighted by Crippen LogP contribution is 2.39. The third kappa shape index (κ3) is 5.65. The first kappa shape index (κ1) is 18.5. The maximum atomic E-state index is 11.2. The number of carboxylic acids is 1. The van der Waals surface area contributed by atoms with Crippen LogP contribution in [0.25, 0.3) is 0 Å². The van der Waals surface area contributed by atoms with Crippen LogP contribution >= 0.6 is 0 Å². The second-order valence-electron chi connectivity index (χ2n) is 8.02. The summed E-state index contributed by atoms with van der Waals surface area (Å²) in [5.41, 5.74) is 0.651. The van der Waals surface area contributed by atoms with Crippen LogP contribution in [0.5, 0.6) is 0 Å². The molecule has 0 aliphatic heterocycles. The second-order valence-corrected chi connectivity index (χ2v) is 8.02. The zero-order chi connectivity index (χ0) is 16.7. The van der Waals surface area contributed by atoms with Gasteiger partial charge in [0.1, 0.15) is 0 Å². The fourth-order valence-corrected chi connectivity index (χ4v) is 4.98. The SMILES string of the molecule is CC=C(C(=O)O)[C@H]1CC[C@H](CC[C@H]2CC[C@H](CCC)CC2)CC1. The summed E-state index contributed by atoms with van der Waals surface area (Å²) in [6.07, 6.45) is 17.9. The molecule has 2 rings (SSSR count). The summed E-state index contributed by atoms with van der Waals surface area (Å²) in [4.78, 5) is 11.2. The number of allylic oxidation sites excluding steroid dienone is 1. The maximum Gasteiger partial charge on any atom is 0.331 e. The monoisotopic (exact) mass is 320 g/mol. The van der Waals surface area contributed by atoms with Gasteiger partial charge in [0.15, 0.2) is 0 Å². The Hall–Kier alpha value is -0.790. The van der Waals surface area contributed by atoms with Crippen LogP contribution in [0.2, 0.25) is 0 Å². The molecular formula is C21H36O2. The Morgan fingerprint density at radius 2 is 1.30 bits per heavy atom. The zero-order valence-corrected chi connectivity index (χ0v) is 15.2. The van der Waals surface area contributed by atoms with E-state index >= 15 is 0 Å². The van der Waals surface area contributed by atoms with Crippen LogP contribution in [0.1, 0.15) is 90.9 Å². The molecule has 0 aromatic rings. The van der Waals surface area contributed by atoms with Gasteiger partial charge in [-0.1, -0.05) is 64.4 Å². The van der Waals surface area contributed by atoms with Crippen LogP contribution in [0.3, 0.4) is 0 Å². The van der Waals surface area contributed by atoms with E-state index in [1.807, 2.05) is 13.0 Å². The Balaban J connectivity index is 1.65. The molecule has 0 heterocycles. The minimum absolute atomic E-state index is 0.304. The molecule has 2 nitrogen and oxygen atoms in total. The van der Waals surface area contributed by atoms with E-state index in [1.54, 1.807) is 0 Å². The number of carboxylic acid groups (broad SMARTS) is 1. The zero-order valence-electron chi connectivity index (χ0n) is 15.2. The fourth-order valence-electron chi connectivity index (χ4n) is 4.98. The molecule has 2 heteroatoms. The van der Waals surface area contributed by atoms with Gasteiger partial charge in [-0.05, 0) is 56.3 Å². The van der Waals surface area contributed by atoms with Crippen molar-refractivity contribution in [2.45, 2.75) is 90.9 Å². The lowest BCUT2D eigenvalue weighted by Gasteiger charge is -2.32. The molecule has 0 aromatic heterocycles. The Bertz CT molecular complexity index is 383. The summed E-state index contributed by atoms with van der Waals surface area (Å²) in [7, 11) is 0. The fraction of sp³-hybridized carbons (Fsp3) is 0.857. The van der Waals surface area contributed by atoms with E-state index in [9.17, 15) is 9.90 Å². The summed E-state index contributed by atoms with van der Waals surface area (Å²) in [6.45, 7) is 4.18. The standard InChI is InChI=1S/C21H36O2/c1-3-5-16-6-8-17(9-7-16)10-11-18-12-14-19(15-13-18)20(4-2)21(22)23/h4,16-19H,3,5-15H2,1-2H3,(H,22,23)/t16-,17-,18-,19-. The van der Waals surface area contributed by atoms with Crippen molar-refractivity contribution in [3.8, 4) is 0 Å². The number of rotatable bonds is 7. The van der Waals surface area contributed by atoms with Crippen molar-refractivity contribution in [1.29, 1.82) is 0 Å². The molecule has 0 saturated heterocycles. The Labute approximate surface area is 142 Å². The van der Waals surface area contributed by atoms with E-state index in [4.69, 9.17) is 0 Å². The summed E-state index contributed by atoms with van der Waals surface area (Å²) in [5.74, 6) is 2.44. The van der Waals surface area contributed by atoms with Gasteiger partial charge in [-0.25, -0.2) is 4.79 Å². The van der Waals surface area contributed by atoms with Gasteiger partial charge < -0.3 is 5.11 Å². The third-order valence-electron chi connectivity index (χ3n) is 6.49. The van der Waals surface area contributed by atoms with Crippen LogP contribution in [0, 0.1) is 23.7 Å². The van der Waals surface area contributed by atoms with E-state index in [-0.39, 0.29) is 0 Å². The lowest BCUT2D eigenvalue weighted by Crippen LogP contribution is -2.21. The molecule has 1 N–H and O–H groups in total. The van der Waals surface area contributed by atoms with Crippen molar-refractivity contribution in [1.82, 2.24) is 0 Å². The molecule has 132 valence electrons. The van der Waals surface area contributed by atoms with Gasteiger partial charge in [0.25, 0.3) is 0 Å². The average Bonchev–Trinajstić information content (AvgIpc) is 2.56. The van der Waals surface area contributed by atoms with E-state index in [0.29, 0.717) is 11.5 Å². The highest BCUT2D eigenvalue weighted by molar-refractivity contribution is 5.87. The Morgan fingerprint density at radius 1 is 0.870 bits per heavy atom. The predicted octanol–water partition coefficient (Wildman–Crippen LogP) is 6.21. The van der Waals surface area contributed by atoms with Gasteiger partial charge in [0.05, 0.1) is 0 Å². The van der Waals surface area contributed by atoms with E-state index in [0.717, 1.165) is 30.6 Å². The molecule has 0 bridgehead atoms. The molecule has 0 atom stereocenters.